The van der Waals surface area contributed by atoms with Gasteiger partial charge in [0.25, 0.3) is 11.5 Å². The van der Waals surface area contributed by atoms with E-state index in [4.69, 9.17) is 4.74 Å². The number of carbonyl (C=O) groups is 1. The number of pyridine rings is 1. The molecule has 3 aromatic rings. The van der Waals surface area contributed by atoms with E-state index < -0.39 is 5.91 Å². The van der Waals surface area contributed by atoms with Gasteiger partial charge in [-0.3, -0.25) is 14.0 Å². The van der Waals surface area contributed by atoms with Crippen molar-refractivity contribution < 1.29 is 9.53 Å². The van der Waals surface area contributed by atoms with Gasteiger partial charge >= 0.3 is 0 Å². The third-order valence-corrected chi connectivity index (χ3v) is 4.23. The van der Waals surface area contributed by atoms with Gasteiger partial charge in [-0.2, -0.15) is 0 Å². The van der Waals surface area contributed by atoms with Gasteiger partial charge in [0, 0.05) is 18.9 Å². The van der Waals surface area contributed by atoms with E-state index in [1.807, 2.05) is 37.3 Å². The van der Waals surface area contributed by atoms with Gasteiger partial charge in [0.2, 0.25) is 0 Å². The fourth-order valence-corrected chi connectivity index (χ4v) is 2.69. The van der Waals surface area contributed by atoms with Gasteiger partial charge in [-0.25, -0.2) is 4.98 Å². The number of nitrogens with zero attached hydrogens (tertiary/aromatic N) is 2. The van der Waals surface area contributed by atoms with Gasteiger partial charge < -0.3 is 10.1 Å². The maximum Gasteiger partial charge on any atom is 0.270 e. The maximum atomic E-state index is 12.5. The molecule has 2 aromatic heterocycles. The molecular formula is C21H23N3O3. The van der Waals surface area contributed by atoms with E-state index in [-0.39, 0.29) is 11.1 Å². The Balaban J connectivity index is 1.70. The third-order valence-electron chi connectivity index (χ3n) is 4.23. The largest absolute Gasteiger partial charge is 0.494 e. The lowest BCUT2D eigenvalue weighted by Crippen LogP contribution is -2.31. The second kappa shape index (κ2) is 8.49. The van der Waals surface area contributed by atoms with Crippen molar-refractivity contribution in [2.24, 2.45) is 0 Å². The first-order valence-corrected chi connectivity index (χ1v) is 9.06. The molecule has 0 aliphatic heterocycles. The standard InChI is InChI=1S/C21H23N3O3/c1-3-4-10-27-17-7-5-6-16(12-17)13-23-20(25)18-14-22-19-11-15(2)8-9-24(19)21(18)26/h5-9,11-12,14H,3-4,10,13H2,1-2H3,(H,23,25). The Morgan fingerprint density at radius 2 is 2.11 bits per heavy atom. The molecule has 1 aromatic carbocycles. The number of fused-ring (bicyclic) bond motifs is 1. The first-order chi connectivity index (χ1) is 13.1. The summed E-state index contributed by atoms with van der Waals surface area (Å²) in [5.74, 6) is 0.331. The highest BCUT2D eigenvalue weighted by atomic mass is 16.5. The summed E-state index contributed by atoms with van der Waals surface area (Å²) in [7, 11) is 0. The molecule has 6 heteroatoms. The Bertz CT molecular complexity index is 1010. The van der Waals surface area contributed by atoms with Crippen molar-refractivity contribution in [1.29, 1.82) is 0 Å². The van der Waals surface area contributed by atoms with Crippen molar-refractivity contribution >= 4 is 11.6 Å². The van der Waals surface area contributed by atoms with Crippen LogP contribution in [0, 0.1) is 6.92 Å². The number of rotatable bonds is 7. The summed E-state index contributed by atoms with van der Waals surface area (Å²) in [4.78, 5) is 29.2. The Labute approximate surface area is 157 Å². The Morgan fingerprint density at radius 3 is 2.93 bits per heavy atom. The van der Waals surface area contributed by atoms with Crippen LogP contribution in [-0.2, 0) is 6.54 Å². The minimum Gasteiger partial charge on any atom is -0.494 e. The van der Waals surface area contributed by atoms with Crippen LogP contribution < -0.4 is 15.6 Å². The van der Waals surface area contributed by atoms with E-state index >= 15 is 0 Å². The predicted molar refractivity (Wildman–Crippen MR) is 104 cm³/mol. The molecule has 0 fully saturated rings. The smallest absolute Gasteiger partial charge is 0.270 e. The van der Waals surface area contributed by atoms with E-state index in [2.05, 4.69) is 17.2 Å². The first kappa shape index (κ1) is 18.6. The van der Waals surface area contributed by atoms with Crippen LogP contribution in [0.5, 0.6) is 5.75 Å². The van der Waals surface area contributed by atoms with Crippen LogP contribution in [0.15, 0.2) is 53.6 Å². The Hall–Kier alpha value is -3.15. The Kier molecular flexibility index (Phi) is 5.86. The highest BCUT2D eigenvalue weighted by Gasteiger charge is 2.13. The summed E-state index contributed by atoms with van der Waals surface area (Å²) >= 11 is 0. The molecule has 1 amide bonds. The number of carbonyl (C=O) groups excluding carboxylic acids is 1. The Morgan fingerprint density at radius 1 is 1.26 bits per heavy atom. The molecule has 0 aliphatic rings. The van der Waals surface area contributed by atoms with E-state index in [1.54, 1.807) is 12.3 Å². The highest BCUT2D eigenvalue weighted by molar-refractivity contribution is 5.93. The van der Waals surface area contributed by atoms with E-state index in [9.17, 15) is 9.59 Å². The number of hydrogen-bond acceptors (Lipinski definition) is 4. The number of amides is 1. The molecule has 0 atom stereocenters. The summed E-state index contributed by atoms with van der Waals surface area (Å²) < 4.78 is 7.06. The van der Waals surface area contributed by atoms with E-state index in [1.165, 1.54) is 10.6 Å². The van der Waals surface area contributed by atoms with Crippen LogP contribution in [0.2, 0.25) is 0 Å². The van der Waals surface area contributed by atoms with Crippen molar-refractivity contribution in [3.05, 3.63) is 75.8 Å². The highest BCUT2D eigenvalue weighted by Crippen LogP contribution is 2.14. The van der Waals surface area contributed by atoms with Gasteiger partial charge in [0.15, 0.2) is 0 Å². The quantitative estimate of drug-likeness (QED) is 0.653. The molecule has 27 heavy (non-hydrogen) atoms. The molecule has 0 saturated heterocycles. The zero-order valence-corrected chi connectivity index (χ0v) is 15.6. The number of unbranched alkanes of at least 4 members (excludes halogenated alkanes) is 1. The summed E-state index contributed by atoms with van der Waals surface area (Å²) in [6.07, 6.45) is 5.04. The van der Waals surface area contributed by atoms with Gasteiger partial charge in [-0.1, -0.05) is 25.5 Å². The monoisotopic (exact) mass is 365 g/mol. The van der Waals surface area contributed by atoms with Crippen molar-refractivity contribution in [1.82, 2.24) is 14.7 Å². The maximum absolute atomic E-state index is 12.5. The number of nitrogens with one attached hydrogen (secondary N) is 1. The summed E-state index contributed by atoms with van der Waals surface area (Å²) in [6, 6.07) is 11.2. The van der Waals surface area contributed by atoms with Crippen LogP contribution in [-0.4, -0.2) is 21.9 Å². The summed E-state index contributed by atoms with van der Waals surface area (Å²) in [5, 5.41) is 2.78. The van der Waals surface area contributed by atoms with Crippen molar-refractivity contribution in [2.75, 3.05) is 6.61 Å². The van der Waals surface area contributed by atoms with E-state index in [0.29, 0.717) is 18.8 Å². The van der Waals surface area contributed by atoms with Crippen LogP contribution in [0.4, 0.5) is 0 Å². The lowest BCUT2D eigenvalue weighted by Gasteiger charge is -2.09. The van der Waals surface area contributed by atoms with Crippen LogP contribution >= 0.6 is 0 Å². The fraction of sp³-hybridized carbons (Fsp3) is 0.286. The molecule has 0 saturated carbocycles. The molecule has 0 bridgehead atoms. The van der Waals surface area contributed by atoms with Crippen molar-refractivity contribution in [2.45, 2.75) is 33.2 Å². The lowest BCUT2D eigenvalue weighted by molar-refractivity contribution is 0.0949. The average Bonchev–Trinajstić information content (AvgIpc) is 2.67. The van der Waals surface area contributed by atoms with Crippen LogP contribution in [0.1, 0.15) is 41.3 Å². The normalized spacial score (nSPS) is 10.7. The van der Waals surface area contributed by atoms with Crippen molar-refractivity contribution in [3.63, 3.8) is 0 Å². The number of hydrogen-bond donors (Lipinski definition) is 1. The summed E-state index contributed by atoms with van der Waals surface area (Å²) in [6.45, 7) is 5.01. The zero-order valence-electron chi connectivity index (χ0n) is 15.6. The van der Waals surface area contributed by atoms with Gasteiger partial charge in [-0.05, 0) is 48.7 Å². The molecule has 3 rings (SSSR count). The predicted octanol–water partition coefficient (Wildman–Crippen LogP) is 3.11. The first-order valence-electron chi connectivity index (χ1n) is 9.06. The number of ether oxygens (including phenoxy) is 1. The molecule has 0 aliphatic carbocycles. The third kappa shape index (κ3) is 4.53. The molecule has 0 spiro atoms. The number of aryl methyl sites for hydroxylation is 1. The number of benzene rings is 1. The second-order valence-electron chi connectivity index (χ2n) is 6.44. The molecule has 2 heterocycles. The van der Waals surface area contributed by atoms with Gasteiger partial charge in [-0.15, -0.1) is 0 Å². The summed E-state index contributed by atoms with van der Waals surface area (Å²) in [5.41, 5.74) is 2.07. The average molecular weight is 365 g/mol. The molecule has 140 valence electrons. The molecular weight excluding hydrogens is 342 g/mol. The SMILES string of the molecule is CCCCOc1cccc(CNC(=O)c2cnc3cc(C)ccn3c2=O)c1. The van der Waals surface area contributed by atoms with Crippen LogP contribution in [0.25, 0.3) is 5.65 Å². The molecule has 6 nitrogen and oxygen atoms in total. The lowest BCUT2D eigenvalue weighted by atomic mass is 10.2. The van der Waals surface area contributed by atoms with E-state index in [0.717, 1.165) is 29.7 Å². The van der Waals surface area contributed by atoms with Crippen molar-refractivity contribution in [3.8, 4) is 5.75 Å². The minimum absolute atomic E-state index is 0.0201. The second-order valence-corrected chi connectivity index (χ2v) is 6.44. The fourth-order valence-electron chi connectivity index (χ4n) is 2.69. The molecule has 0 unspecified atom stereocenters. The molecule has 1 N–H and O–H groups in total. The van der Waals surface area contributed by atoms with Crippen LogP contribution in [0.3, 0.4) is 0 Å². The van der Waals surface area contributed by atoms with Gasteiger partial charge in [0.1, 0.15) is 17.0 Å². The molecule has 0 radical (unpaired) electrons. The zero-order chi connectivity index (χ0) is 19.2. The minimum atomic E-state index is -0.445. The topological polar surface area (TPSA) is 72.7 Å². The number of aromatic nitrogens is 2. The van der Waals surface area contributed by atoms with Gasteiger partial charge in [0.05, 0.1) is 6.61 Å².